The molecule has 5 heteroatoms. The van der Waals surface area contributed by atoms with Crippen molar-refractivity contribution < 1.29 is 17.6 Å². The highest BCUT2D eigenvalue weighted by Gasteiger charge is 2.47. The summed E-state index contributed by atoms with van der Waals surface area (Å²) >= 11 is 0. The Labute approximate surface area is 104 Å². The molecule has 0 aromatic carbocycles. The van der Waals surface area contributed by atoms with Crippen molar-refractivity contribution in [2.24, 2.45) is 17.6 Å². The summed E-state index contributed by atoms with van der Waals surface area (Å²) in [5.41, 5.74) is 6.85. The summed E-state index contributed by atoms with van der Waals surface area (Å²) in [4.78, 5) is 0. The Hall–Kier alpha value is -0.970. The smallest absolute Gasteiger partial charge is 0.392 e. The second kappa shape index (κ2) is 5.34. The van der Waals surface area contributed by atoms with Gasteiger partial charge in [-0.15, -0.1) is 0 Å². The third-order valence-corrected chi connectivity index (χ3v) is 3.84. The Kier molecular flexibility index (Phi) is 4.00. The molecule has 1 heterocycles. The number of nitrogens with two attached hydrogens (primary N) is 1. The van der Waals surface area contributed by atoms with Crippen LogP contribution in [0.15, 0.2) is 23.0 Å². The first-order chi connectivity index (χ1) is 8.48. The van der Waals surface area contributed by atoms with E-state index >= 15 is 0 Å². The highest BCUT2D eigenvalue weighted by atomic mass is 19.4. The largest absolute Gasteiger partial charge is 0.472 e. The van der Waals surface area contributed by atoms with Crippen LogP contribution in [0.5, 0.6) is 0 Å². The van der Waals surface area contributed by atoms with Crippen LogP contribution in [0.1, 0.15) is 31.2 Å². The van der Waals surface area contributed by atoms with Crippen molar-refractivity contribution in [3.63, 3.8) is 0 Å². The quantitative estimate of drug-likeness (QED) is 0.904. The van der Waals surface area contributed by atoms with Crippen molar-refractivity contribution in [3.05, 3.63) is 24.2 Å². The van der Waals surface area contributed by atoms with E-state index in [0.29, 0.717) is 19.3 Å². The Bertz CT molecular complexity index is 361. The van der Waals surface area contributed by atoms with Gasteiger partial charge in [0.25, 0.3) is 0 Å². The van der Waals surface area contributed by atoms with Crippen molar-refractivity contribution in [1.29, 1.82) is 0 Å². The van der Waals surface area contributed by atoms with E-state index in [9.17, 15) is 13.2 Å². The Morgan fingerprint density at radius 2 is 2.06 bits per heavy atom. The molecule has 0 aliphatic heterocycles. The molecule has 3 atom stereocenters. The molecule has 2 rings (SSSR count). The maximum absolute atomic E-state index is 13.0. The molecule has 2 N–H and O–H groups in total. The second-order valence-electron chi connectivity index (χ2n) is 5.10. The Morgan fingerprint density at radius 1 is 1.33 bits per heavy atom. The predicted molar refractivity (Wildman–Crippen MR) is 61.9 cm³/mol. The number of hydrogen-bond donors (Lipinski definition) is 1. The molecule has 0 radical (unpaired) electrons. The van der Waals surface area contributed by atoms with Crippen LogP contribution in [-0.2, 0) is 6.42 Å². The second-order valence-corrected chi connectivity index (χ2v) is 5.10. The minimum Gasteiger partial charge on any atom is -0.472 e. The lowest BCUT2D eigenvalue weighted by atomic mass is 9.74. The van der Waals surface area contributed by atoms with Gasteiger partial charge in [0.15, 0.2) is 0 Å². The van der Waals surface area contributed by atoms with Crippen molar-refractivity contribution in [2.75, 3.05) is 0 Å². The maximum Gasteiger partial charge on any atom is 0.392 e. The standard InChI is InChI=1S/C13H18F3NO/c14-13(15,16)11-4-2-1-3-10(11)12(17)7-9-5-6-18-8-9/h5-6,8,10-12H,1-4,7,17H2. The van der Waals surface area contributed by atoms with Gasteiger partial charge in [-0.3, -0.25) is 0 Å². The van der Waals surface area contributed by atoms with Crippen LogP contribution in [0.4, 0.5) is 13.2 Å². The number of rotatable bonds is 3. The minimum absolute atomic E-state index is 0.216. The molecule has 0 spiro atoms. The molecular formula is C13H18F3NO. The zero-order valence-electron chi connectivity index (χ0n) is 10.1. The van der Waals surface area contributed by atoms with Crippen LogP contribution in [0, 0.1) is 11.8 Å². The van der Waals surface area contributed by atoms with Crippen molar-refractivity contribution >= 4 is 0 Å². The van der Waals surface area contributed by atoms with Gasteiger partial charge in [0.2, 0.25) is 0 Å². The lowest BCUT2D eigenvalue weighted by Gasteiger charge is -2.36. The van der Waals surface area contributed by atoms with Crippen molar-refractivity contribution in [3.8, 4) is 0 Å². The first-order valence-corrected chi connectivity index (χ1v) is 6.32. The first kappa shape index (κ1) is 13.5. The summed E-state index contributed by atoms with van der Waals surface area (Å²) in [6.07, 6.45) is 1.67. The van der Waals surface area contributed by atoms with E-state index in [1.54, 1.807) is 12.3 Å². The van der Waals surface area contributed by atoms with Crippen LogP contribution in [0.3, 0.4) is 0 Å². The van der Waals surface area contributed by atoms with E-state index in [1.807, 2.05) is 0 Å². The average molecular weight is 261 g/mol. The van der Waals surface area contributed by atoms with Gasteiger partial charge in [0.1, 0.15) is 0 Å². The molecule has 0 bridgehead atoms. The van der Waals surface area contributed by atoms with Crippen LogP contribution in [-0.4, -0.2) is 12.2 Å². The van der Waals surface area contributed by atoms with Crippen molar-refractivity contribution in [1.82, 2.24) is 0 Å². The molecule has 1 aliphatic carbocycles. The fourth-order valence-electron chi connectivity index (χ4n) is 2.91. The molecule has 0 saturated heterocycles. The molecular weight excluding hydrogens is 243 g/mol. The molecule has 1 aromatic heterocycles. The third kappa shape index (κ3) is 3.07. The molecule has 2 nitrogen and oxygen atoms in total. The van der Waals surface area contributed by atoms with E-state index in [-0.39, 0.29) is 6.42 Å². The van der Waals surface area contributed by atoms with Gasteiger partial charge in [-0.2, -0.15) is 13.2 Å². The normalized spacial score (nSPS) is 27.1. The van der Waals surface area contributed by atoms with Gasteiger partial charge >= 0.3 is 6.18 Å². The highest BCUT2D eigenvalue weighted by Crippen LogP contribution is 2.42. The summed E-state index contributed by atoms with van der Waals surface area (Å²) in [6, 6.07) is 1.31. The first-order valence-electron chi connectivity index (χ1n) is 6.32. The number of hydrogen-bond acceptors (Lipinski definition) is 2. The van der Waals surface area contributed by atoms with E-state index in [1.165, 1.54) is 6.26 Å². The lowest BCUT2D eigenvalue weighted by molar-refractivity contribution is -0.198. The van der Waals surface area contributed by atoms with E-state index in [2.05, 4.69) is 0 Å². The van der Waals surface area contributed by atoms with Gasteiger partial charge < -0.3 is 10.2 Å². The van der Waals surface area contributed by atoms with Crippen LogP contribution in [0.2, 0.25) is 0 Å². The Balaban J connectivity index is 2.04. The molecule has 3 unspecified atom stereocenters. The fourth-order valence-corrected chi connectivity index (χ4v) is 2.91. The molecule has 1 saturated carbocycles. The third-order valence-electron chi connectivity index (χ3n) is 3.84. The summed E-state index contributed by atoms with van der Waals surface area (Å²) in [5, 5.41) is 0. The molecule has 0 amide bonds. The van der Waals surface area contributed by atoms with Crippen LogP contribution < -0.4 is 5.73 Å². The van der Waals surface area contributed by atoms with E-state index in [4.69, 9.17) is 10.2 Å². The van der Waals surface area contributed by atoms with Gasteiger partial charge in [-0.1, -0.05) is 12.8 Å². The summed E-state index contributed by atoms with van der Waals surface area (Å²) < 4.78 is 43.8. The van der Waals surface area contributed by atoms with Crippen molar-refractivity contribution in [2.45, 2.75) is 44.3 Å². The molecule has 1 aromatic rings. The number of halogens is 3. The molecule has 102 valence electrons. The van der Waals surface area contributed by atoms with E-state index < -0.39 is 24.1 Å². The fraction of sp³-hybridized carbons (Fsp3) is 0.692. The lowest BCUT2D eigenvalue weighted by Crippen LogP contribution is -2.44. The maximum atomic E-state index is 13.0. The minimum atomic E-state index is -4.13. The monoisotopic (exact) mass is 261 g/mol. The molecule has 1 aliphatic rings. The topological polar surface area (TPSA) is 39.2 Å². The van der Waals surface area contributed by atoms with Crippen LogP contribution in [0.25, 0.3) is 0 Å². The SMILES string of the molecule is NC(Cc1ccoc1)C1CCCCC1C(F)(F)F. The van der Waals surface area contributed by atoms with Gasteiger partial charge in [0, 0.05) is 6.04 Å². The zero-order valence-corrected chi connectivity index (χ0v) is 10.1. The molecule has 1 fully saturated rings. The average Bonchev–Trinajstić information content (AvgIpc) is 2.80. The highest BCUT2D eigenvalue weighted by molar-refractivity contribution is 5.08. The summed E-state index contributed by atoms with van der Waals surface area (Å²) in [5.74, 6) is -1.71. The number of furan rings is 1. The summed E-state index contributed by atoms with van der Waals surface area (Å²) in [7, 11) is 0. The van der Waals surface area contributed by atoms with Gasteiger partial charge in [-0.25, -0.2) is 0 Å². The predicted octanol–water partition coefficient (Wildman–Crippen LogP) is 3.52. The van der Waals surface area contributed by atoms with E-state index in [0.717, 1.165) is 12.0 Å². The van der Waals surface area contributed by atoms with Gasteiger partial charge in [-0.05, 0) is 36.8 Å². The summed E-state index contributed by atoms with van der Waals surface area (Å²) in [6.45, 7) is 0. The van der Waals surface area contributed by atoms with Gasteiger partial charge in [0.05, 0.1) is 18.4 Å². The Morgan fingerprint density at radius 3 is 2.67 bits per heavy atom. The zero-order chi connectivity index (χ0) is 13.2. The molecule has 18 heavy (non-hydrogen) atoms. The number of alkyl halides is 3. The van der Waals surface area contributed by atoms with Crippen LogP contribution >= 0.6 is 0 Å².